The molecule has 1 aliphatic rings. The molecule has 4 nitrogen and oxygen atoms in total. The Kier molecular flexibility index (Phi) is 6.98. The molecule has 0 amide bonds. The van der Waals surface area contributed by atoms with Crippen molar-refractivity contribution < 1.29 is 0 Å². The van der Waals surface area contributed by atoms with E-state index in [0.29, 0.717) is 6.04 Å². The molecule has 0 radical (unpaired) electrons. The second kappa shape index (κ2) is 10.3. The van der Waals surface area contributed by atoms with E-state index in [2.05, 4.69) is 66.1 Å². The average Bonchev–Trinajstić information content (AvgIpc) is 2.87. The summed E-state index contributed by atoms with van der Waals surface area (Å²) in [6.07, 6.45) is 4.68. The van der Waals surface area contributed by atoms with Gasteiger partial charge < -0.3 is 9.47 Å². The van der Waals surface area contributed by atoms with Crippen LogP contribution in [0.1, 0.15) is 39.5 Å². The summed E-state index contributed by atoms with van der Waals surface area (Å²) in [4.78, 5) is 18.7. The normalized spacial score (nSPS) is 15.7. The number of aromatic nitrogens is 1. The van der Waals surface area contributed by atoms with Crippen LogP contribution in [-0.2, 0) is 6.54 Å². The van der Waals surface area contributed by atoms with Crippen LogP contribution >= 0.6 is 0 Å². The maximum Gasteiger partial charge on any atom is 0.258 e. The molecule has 0 saturated carbocycles. The molecule has 2 heterocycles. The second-order valence-electron chi connectivity index (χ2n) is 10.1. The number of nitrogens with zero attached hydrogens (tertiary/aromatic N) is 3. The zero-order chi connectivity index (χ0) is 23.5. The van der Waals surface area contributed by atoms with Gasteiger partial charge in [0.2, 0.25) is 0 Å². The zero-order valence-electron chi connectivity index (χ0n) is 20.7. The van der Waals surface area contributed by atoms with Gasteiger partial charge in [-0.3, -0.25) is 9.69 Å². The Bertz CT molecular complexity index is 1330. The minimum Gasteiger partial charge on any atom is -0.307 e. The van der Waals surface area contributed by atoms with Gasteiger partial charge in [0.05, 0.1) is 5.52 Å². The number of piperazine rings is 1. The molecule has 1 aromatic heterocycles. The van der Waals surface area contributed by atoms with Crippen LogP contribution in [0.3, 0.4) is 0 Å². The van der Waals surface area contributed by atoms with Crippen molar-refractivity contribution in [2.45, 2.75) is 52.1 Å². The fourth-order valence-electron chi connectivity index (χ4n) is 5.59. The fourth-order valence-corrected chi connectivity index (χ4v) is 5.59. The summed E-state index contributed by atoms with van der Waals surface area (Å²) >= 11 is 0. The van der Waals surface area contributed by atoms with E-state index in [1.54, 1.807) is 0 Å². The summed E-state index contributed by atoms with van der Waals surface area (Å²) in [5.74, 6) is 0. The van der Waals surface area contributed by atoms with Gasteiger partial charge >= 0.3 is 0 Å². The van der Waals surface area contributed by atoms with E-state index >= 15 is 0 Å². The molecule has 1 fully saturated rings. The number of aryl methyl sites for hydroxylation is 1. The minimum atomic E-state index is 0.141. The third-order valence-electron chi connectivity index (χ3n) is 7.61. The lowest BCUT2D eigenvalue weighted by molar-refractivity contribution is 0.107. The van der Waals surface area contributed by atoms with Gasteiger partial charge in [-0.2, -0.15) is 0 Å². The number of hydrogen-bond donors (Lipinski definition) is 0. The topological polar surface area (TPSA) is 28.5 Å². The van der Waals surface area contributed by atoms with Gasteiger partial charge in [-0.1, -0.05) is 67.4 Å². The Morgan fingerprint density at radius 3 is 2.06 bits per heavy atom. The number of hydrogen-bond acceptors (Lipinski definition) is 3. The lowest BCUT2D eigenvalue weighted by Gasteiger charge is -2.36. The highest BCUT2D eigenvalue weighted by atomic mass is 16.1. The Morgan fingerprint density at radius 1 is 0.676 bits per heavy atom. The lowest BCUT2D eigenvalue weighted by atomic mass is 10.0. The van der Waals surface area contributed by atoms with E-state index in [1.807, 2.05) is 22.8 Å². The van der Waals surface area contributed by atoms with Crippen LogP contribution in [0.15, 0.2) is 65.5 Å². The molecule has 0 aliphatic carbocycles. The first-order valence-corrected chi connectivity index (χ1v) is 13.0. The van der Waals surface area contributed by atoms with E-state index < -0.39 is 0 Å². The highest BCUT2D eigenvalue weighted by Crippen LogP contribution is 2.29. The van der Waals surface area contributed by atoms with Crippen molar-refractivity contribution in [2.75, 3.05) is 32.7 Å². The van der Waals surface area contributed by atoms with Crippen molar-refractivity contribution in [3.05, 3.63) is 71.0 Å². The van der Waals surface area contributed by atoms with Gasteiger partial charge in [-0.15, -0.1) is 0 Å². The molecular weight excluding hydrogens is 418 g/mol. The molecule has 0 atom stereocenters. The lowest BCUT2D eigenvalue weighted by Crippen LogP contribution is -2.48. The predicted octanol–water partition coefficient (Wildman–Crippen LogP) is 5.89. The summed E-state index contributed by atoms with van der Waals surface area (Å²) in [6.45, 7) is 11.4. The first-order valence-electron chi connectivity index (χ1n) is 13.0. The van der Waals surface area contributed by atoms with Gasteiger partial charge in [0.15, 0.2) is 0 Å². The smallest absolute Gasteiger partial charge is 0.258 e. The highest BCUT2D eigenvalue weighted by molar-refractivity contribution is 6.15. The van der Waals surface area contributed by atoms with Crippen LogP contribution < -0.4 is 5.56 Å². The van der Waals surface area contributed by atoms with Gasteiger partial charge in [0, 0.05) is 54.9 Å². The largest absolute Gasteiger partial charge is 0.307 e. The quantitative estimate of drug-likeness (QED) is 0.245. The molecule has 0 N–H and O–H groups in total. The van der Waals surface area contributed by atoms with Crippen molar-refractivity contribution in [3.63, 3.8) is 0 Å². The molecule has 1 saturated heterocycles. The monoisotopic (exact) mass is 455 g/mol. The van der Waals surface area contributed by atoms with E-state index in [9.17, 15) is 4.79 Å². The van der Waals surface area contributed by atoms with E-state index in [0.717, 1.165) is 35.7 Å². The maximum absolute atomic E-state index is 13.5. The molecule has 178 valence electrons. The molecule has 1 aliphatic heterocycles. The SMILES string of the molecule is CC(C)N1CCN(CCCCCCn2c(=O)c3ccccc3c3ccc4ccccc4c32)CC1. The van der Waals surface area contributed by atoms with Gasteiger partial charge in [-0.25, -0.2) is 0 Å². The van der Waals surface area contributed by atoms with E-state index in [4.69, 9.17) is 0 Å². The van der Waals surface area contributed by atoms with Gasteiger partial charge in [0.1, 0.15) is 0 Å². The minimum absolute atomic E-state index is 0.141. The molecule has 0 unspecified atom stereocenters. The Balaban J connectivity index is 1.28. The van der Waals surface area contributed by atoms with Crippen LogP contribution in [0.5, 0.6) is 0 Å². The number of rotatable bonds is 8. The second-order valence-corrected chi connectivity index (χ2v) is 10.1. The molecule has 5 rings (SSSR count). The average molecular weight is 456 g/mol. The zero-order valence-corrected chi connectivity index (χ0v) is 20.7. The Morgan fingerprint density at radius 2 is 1.32 bits per heavy atom. The molecule has 34 heavy (non-hydrogen) atoms. The summed E-state index contributed by atoms with van der Waals surface area (Å²) < 4.78 is 2.05. The van der Waals surface area contributed by atoms with Crippen LogP contribution in [0, 0.1) is 0 Å². The van der Waals surface area contributed by atoms with E-state index in [-0.39, 0.29) is 5.56 Å². The summed E-state index contributed by atoms with van der Waals surface area (Å²) in [7, 11) is 0. The first-order chi connectivity index (χ1) is 16.6. The maximum atomic E-state index is 13.5. The molecule has 3 aromatic carbocycles. The molecule has 4 aromatic rings. The standard InChI is InChI=1S/C30H37N3O/c1-23(2)32-21-19-31(20-22-32)17-9-3-4-10-18-33-29-25-12-6-5-11-24(25)15-16-27(29)26-13-7-8-14-28(26)30(33)34/h5-8,11-16,23H,3-4,9-10,17-22H2,1-2H3. The Labute approximate surface area is 202 Å². The number of pyridine rings is 1. The molecular formula is C30H37N3O. The third kappa shape index (κ3) is 4.62. The van der Waals surface area contributed by atoms with Crippen LogP contribution in [0.25, 0.3) is 32.4 Å². The predicted molar refractivity (Wildman–Crippen MR) is 145 cm³/mol. The molecule has 0 bridgehead atoms. The van der Waals surface area contributed by atoms with E-state index in [1.165, 1.54) is 61.7 Å². The van der Waals surface area contributed by atoms with Crippen LogP contribution in [-0.4, -0.2) is 53.1 Å². The number of unbranched alkanes of at least 4 members (excludes halogenated alkanes) is 3. The van der Waals surface area contributed by atoms with Gasteiger partial charge in [-0.05, 0) is 50.1 Å². The van der Waals surface area contributed by atoms with Crippen molar-refractivity contribution in [1.82, 2.24) is 14.4 Å². The number of fused-ring (bicyclic) bond motifs is 5. The first kappa shape index (κ1) is 23.1. The molecule has 0 spiro atoms. The van der Waals surface area contributed by atoms with Crippen molar-refractivity contribution in [1.29, 1.82) is 0 Å². The van der Waals surface area contributed by atoms with Crippen molar-refractivity contribution in [3.8, 4) is 0 Å². The Hall–Kier alpha value is -2.69. The van der Waals surface area contributed by atoms with Crippen molar-refractivity contribution >= 4 is 32.4 Å². The van der Waals surface area contributed by atoms with Crippen LogP contribution in [0.2, 0.25) is 0 Å². The molecule has 4 heteroatoms. The highest BCUT2D eigenvalue weighted by Gasteiger charge is 2.18. The summed E-state index contributed by atoms with van der Waals surface area (Å²) in [5, 5.41) is 5.42. The van der Waals surface area contributed by atoms with Crippen molar-refractivity contribution in [2.24, 2.45) is 0 Å². The fraction of sp³-hybridized carbons (Fsp3) is 0.433. The van der Waals surface area contributed by atoms with Gasteiger partial charge in [0.25, 0.3) is 5.56 Å². The summed E-state index contributed by atoms with van der Waals surface area (Å²) in [6, 6.07) is 21.5. The summed E-state index contributed by atoms with van der Waals surface area (Å²) in [5.41, 5.74) is 1.23. The third-order valence-corrected chi connectivity index (χ3v) is 7.61. The number of benzene rings is 3. The van der Waals surface area contributed by atoms with Crippen LogP contribution in [0.4, 0.5) is 0 Å².